The first-order valence-electron chi connectivity index (χ1n) is 8.86. The number of hydrogen-bond donors (Lipinski definition) is 2. The fourth-order valence-electron chi connectivity index (χ4n) is 2.99. The Morgan fingerprint density at radius 3 is 2.41 bits per heavy atom. The van der Waals surface area contributed by atoms with Gasteiger partial charge in [-0.1, -0.05) is 23.7 Å². The van der Waals surface area contributed by atoms with E-state index in [1.807, 2.05) is 30.3 Å². The molecule has 0 radical (unpaired) electrons. The summed E-state index contributed by atoms with van der Waals surface area (Å²) in [5.41, 5.74) is 3.49. The lowest BCUT2D eigenvalue weighted by atomic mass is 10.1. The molecule has 0 bridgehead atoms. The zero-order valence-electron chi connectivity index (χ0n) is 15.8. The number of carbonyl (C=O) groups is 1. The standard InChI is InChI=1S/C22H18ClN3O3/c1-28-15-9-14(10-16(12-15)29-2)22(27)26-20-11-13(7-8-17(20)23)21-24-18-5-3-4-6-19(18)25-21/h3-12H,1-2H3,(H,24,25)(H,26,27). The van der Waals surface area contributed by atoms with Gasteiger partial charge in [-0.15, -0.1) is 0 Å². The van der Waals surface area contributed by atoms with Crippen LogP contribution >= 0.6 is 11.6 Å². The Balaban J connectivity index is 1.65. The van der Waals surface area contributed by atoms with Gasteiger partial charge in [-0.05, 0) is 42.5 Å². The highest BCUT2D eigenvalue weighted by Gasteiger charge is 2.14. The van der Waals surface area contributed by atoms with E-state index in [-0.39, 0.29) is 5.91 Å². The van der Waals surface area contributed by atoms with Crippen molar-refractivity contribution in [2.75, 3.05) is 19.5 Å². The molecular weight excluding hydrogens is 390 g/mol. The van der Waals surface area contributed by atoms with Crippen LogP contribution < -0.4 is 14.8 Å². The molecule has 1 heterocycles. The predicted molar refractivity (Wildman–Crippen MR) is 114 cm³/mol. The average molecular weight is 408 g/mol. The van der Waals surface area contributed by atoms with Gasteiger partial charge in [0.1, 0.15) is 17.3 Å². The summed E-state index contributed by atoms with van der Waals surface area (Å²) in [5, 5.41) is 3.27. The van der Waals surface area contributed by atoms with Crippen molar-refractivity contribution in [2.45, 2.75) is 0 Å². The van der Waals surface area contributed by atoms with Crippen LogP contribution in [-0.4, -0.2) is 30.1 Å². The third-order valence-electron chi connectivity index (χ3n) is 4.49. The molecular formula is C22H18ClN3O3. The minimum absolute atomic E-state index is 0.328. The number of rotatable bonds is 5. The Morgan fingerprint density at radius 2 is 1.72 bits per heavy atom. The summed E-state index contributed by atoms with van der Waals surface area (Å²) < 4.78 is 10.5. The van der Waals surface area contributed by atoms with E-state index >= 15 is 0 Å². The van der Waals surface area contributed by atoms with Gasteiger partial charge in [0, 0.05) is 17.2 Å². The van der Waals surface area contributed by atoms with E-state index in [9.17, 15) is 4.79 Å². The molecule has 0 spiro atoms. The zero-order valence-corrected chi connectivity index (χ0v) is 16.6. The van der Waals surface area contributed by atoms with Crippen LogP contribution in [0.1, 0.15) is 10.4 Å². The first-order chi connectivity index (χ1) is 14.1. The van der Waals surface area contributed by atoms with E-state index in [1.165, 1.54) is 14.2 Å². The minimum Gasteiger partial charge on any atom is -0.497 e. The number of ether oxygens (including phenoxy) is 2. The minimum atomic E-state index is -0.328. The van der Waals surface area contributed by atoms with Crippen LogP contribution in [0.5, 0.6) is 11.5 Å². The van der Waals surface area contributed by atoms with Gasteiger partial charge in [0.15, 0.2) is 0 Å². The Labute approximate surface area is 172 Å². The number of H-pyrrole nitrogens is 1. The Morgan fingerprint density at radius 1 is 1.00 bits per heavy atom. The second kappa shape index (κ2) is 7.85. The Bertz CT molecular complexity index is 1150. The summed E-state index contributed by atoms with van der Waals surface area (Å²) >= 11 is 6.32. The number of benzene rings is 3. The summed E-state index contributed by atoms with van der Waals surface area (Å²) in [6, 6.07) is 18.1. The third kappa shape index (κ3) is 3.88. The number of hydrogen-bond acceptors (Lipinski definition) is 4. The maximum absolute atomic E-state index is 12.8. The van der Waals surface area contributed by atoms with Crippen LogP contribution in [0.2, 0.25) is 5.02 Å². The molecule has 0 saturated heterocycles. The second-order valence-electron chi connectivity index (χ2n) is 6.35. The number of imidazole rings is 1. The number of fused-ring (bicyclic) bond motifs is 1. The third-order valence-corrected chi connectivity index (χ3v) is 4.82. The van der Waals surface area contributed by atoms with Gasteiger partial charge < -0.3 is 19.8 Å². The number of carbonyl (C=O) groups excluding carboxylic acids is 1. The van der Waals surface area contributed by atoms with Gasteiger partial charge >= 0.3 is 0 Å². The SMILES string of the molecule is COc1cc(OC)cc(C(=O)Nc2cc(-c3nc4ccccc4[nH]3)ccc2Cl)c1. The van der Waals surface area contributed by atoms with Crippen molar-refractivity contribution in [2.24, 2.45) is 0 Å². The summed E-state index contributed by atoms with van der Waals surface area (Å²) in [4.78, 5) is 20.7. The molecule has 0 unspecified atom stereocenters. The number of methoxy groups -OCH3 is 2. The lowest BCUT2D eigenvalue weighted by Gasteiger charge is -2.11. The number of aromatic amines is 1. The number of amides is 1. The smallest absolute Gasteiger partial charge is 0.255 e. The van der Waals surface area contributed by atoms with Crippen LogP contribution in [0.3, 0.4) is 0 Å². The van der Waals surface area contributed by atoms with Crippen molar-refractivity contribution < 1.29 is 14.3 Å². The van der Waals surface area contributed by atoms with Gasteiger partial charge in [-0.25, -0.2) is 4.98 Å². The molecule has 0 aliphatic carbocycles. The van der Waals surface area contributed by atoms with Gasteiger partial charge in [0.25, 0.3) is 5.91 Å². The van der Waals surface area contributed by atoms with Gasteiger partial charge in [0.05, 0.1) is 36.0 Å². The molecule has 0 aliphatic rings. The van der Waals surface area contributed by atoms with Crippen LogP contribution in [0.15, 0.2) is 60.7 Å². The Kier molecular flexibility index (Phi) is 5.10. The molecule has 2 N–H and O–H groups in total. The molecule has 1 aromatic heterocycles. The highest BCUT2D eigenvalue weighted by atomic mass is 35.5. The van der Waals surface area contributed by atoms with Gasteiger partial charge in [0.2, 0.25) is 0 Å². The van der Waals surface area contributed by atoms with E-state index in [0.717, 1.165) is 16.6 Å². The van der Waals surface area contributed by atoms with Crippen LogP contribution in [0, 0.1) is 0 Å². The molecule has 4 aromatic rings. The van der Waals surface area contributed by atoms with Gasteiger partial charge in [-0.2, -0.15) is 0 Å². The molecule has 6 nitrogen and oxygen atoms in total. The normalized spacial score (nSPS) is 10.7. The number of halogens is 1. The summed E-state index contributed by atoms with van der Waals surface area (Å²) in [6.45, 7) is 0. The van der Waals surface area contributed by atoms with Crippen molar-refractivity contribution in [3.63, 3.8) is 0 Å². The van der Waals surface area contributed by atoms with Crippen molar-refractivity contribution >= 4 is 34.2 Å². The molecule has 0 atom stereocenters. The number of para-hydroxylation sites is 2. The van der Waals surface area contributed by atoms with E-state index in [1.54, 1.807) is 30.3 Å². The highest BCUT2D eigenvalue weighted by molar-refractivity contribution is 6.34. The molecule has 7 heteroatoms. The number of anilines is 1. The first kappa shape index (κ1) is 18.8. The molecule has 0 aliphatic heterocycles. The molecule has 0 saturated carbocycles. The van der Waals surface area contributed by atoms with Crippen molar-refractivity contribution in [3.05, 3.63) is 71.2 Å². The molecule has 3 aromatic carbocycles. The predicted octanol–water partition coefficient (Wildman–Crippen LogP) is 5.15. The molecule has 29 heavy (non-hydrogen) atoms. The molecule has 0 fully saturated rings. The largest absolute Gasteiger partial charge is 0.497 e. The van der Waals surface area contributed by atoms with Crippen LogP contribution in [-0.2, 0) is 0 Å². The fourth-order valence-corrected chi connectivity index (χ4v) is 3.16. The fraction of sp³-hybridized carbons (Fsp3) is 0.0909. The maximum atomic E-state index is 12.8. The summed E-state index contributed by atoms with van der Waals surface area (Å²) in [6.07, 6.45) is 0. The van der Waals surface area contributed by atoms with Crippen molar-refractivity contribution in [1.82, 2.24) is 9.97 Å². The van der Waals surface area contributed by atoms with E-state index in [4.69, 9.17) is 21.1 Å². The average Bonchev–Trinajstić information content (AvgIpc) is 3.19. The first-order valence-corrected chi connectivity index (χ1v) is 9.24. The zero-order chi connectivity index (χ0) is 20.4. The highest BCUT2D eigenvalue weighted by Crippen LogP contribution is 2.30. The lowest BCUT2D eigenvalue weighted by molar-refractivity contribution is 0.102. The quantitative estimate of drug-likeness (QED) is 0.479. The van der Waals surface area contributed by atoms with Crippen molar-refractivity contribution in [1.29, 1.82) is 0 Å². The Hall–Kier alpha value is -3.51. The number of nitrogens with one attached hydrogen (secondary N) is 2. The molecule has 4 rings (SSSR count). The van der Waals surface area contributed by atoms with Crippen LogP contribution in [0.4, 0.5) is 5.69 Å². The summed E-state index contributed by atoms with van der Waals surface area (Å²) in [5.74, 6) is 1.42. The molecule has 146 valence electrons. The maximum Gasteiger partial charge on any atom is 0.255 e. The monoisotopic (exact) mass is 407 g/mol. The second-order valence-corrected chi connectivity index (χ2v) is 6.76. The van der Waals surface area contributed by atoms with E-state index < -0.39 is 0 Å². The van der Waals surface area contributed by atoms with Crippen molar-refractivity contribution in [3.8, 4) is 22.9 Å². The van der Waals surface area contributed by atoms with Gasteiger partial charge in [-0.3, -0.25) is 4.79 Å². The lowest BCUT2D eigenvalue weighted by Crippen LogP contribution is -2.12. The molecule has 1 amide bonds. The van der Waals surface area contributed by atoms with E-state index in [2.05, 4.69) is 15.3 Å². The topological polar surface area (TPSA) is 76.2 Å². The van der Waals surface area contributed by atoms with Crippen LogP contribution in [0.25, 0.3) is 22.4 Å². The number of nitrogens with zero attached hydrogens (tertiary/aromatic N) is 1. The number of aromatic nitrogens is 2. The summed E-state index contributed by atoms with van der Waals surface area (Å²) in [7, 11) is 3.06. The van der Waals surface area contributed by atoms with E-state index in [0.29, 0.717) is 33.6 Å².